The van der Waals surface area contributed by atoms with Crippen LogP contribution in [-0.2, 0) is 10.1 Å². The summed E-state index contributed by atoms with van der Waals surface area (Å²) in [5.74, 6) is 0. The van der Waals surface area contributed by atoms with Gasteiger partial charge in [0.1, 0.15) is 15.9 Å². The van der Waals surface area contributed by atoms with E-state index in [1.54, 1.807) is 24.3 Å². The zero-order valence-corrected chi connectivity index (χ0v) is 17.1. The van der Waals surface area contributed by atoms with Crippen molar-refractivity contribution >= 4 is 73.6 Å². The fraction of sp³-hybridized carbons (Fsp3) is 0. The predicted molar refractivity (Wildman–Crippen MR) is 129 cm³/mol. The van der Waals surface area contributed by atoms with E-state index in [0.29, 0.717) is 16.8 Å². The summed E-state index contributed by atoms with van der Waals surface area (Å²) in [6.07, 6.45) is 3.44. The molecule has 0 saturated carbocycles. The summed E-state index contributed by atoms with van der Waals surface area (Å²) in [5, 5.41) is 11.1. The maximum atomic E-state index is 12.1. The Labute approximate surface area is 207 Å². The minimum absolute atomic E-state index is 0. The van der Waals surface area contributed by atoms with Gasteiger partial charge in [-0.15, -0.1) is 10.2 Å². The van der Waals surface area contributed by atoms with Crippen molar-refractivity contribution in [2.45, 2.75) is 4.90 Å². The van der Waals surface area contributed by atoms with Crippen LogP contribution in [0.4, 0.5) is 0 Å². The van der Waals surface area contributed by atoms with E-state index in [4.69, 9.17) is 0 Å². The van der Waals surface area contributed by atoms with Crippen molar-refractivity contribution in [3.63, 3.8) is 0 Å². The summed E-state index contributed by atoms with van der Waals surface area (Å²) >= 11 is 0. The van der Waals surface area contributed by atoms with Crippen LogP contribution >= 0.6 is 0 Å². The van der Waals surface area contributed by atoms with Crippen molar-refractivity contribution in [2.24, 2.45) is 0 Å². The molecule has 0 radical (unpaired) electrons. The molecule has 1 N–H and O–H groups in total. The molecule has 1 heterocycles. The second-order valence-corrected chi connectivity index (χ2v) is 8.48. The van der Waals surface area contributed by atoms with Crippen molar-refractivity contribution in [1.29, 1.82) is 0 Å². The zero-order chi connectivity index (χ0) is 21.4. The van der Waals surface area contributed by atoms with E-state index in [1.165, 1.54) is 10.9 Å². The van der Waals surface area contributed by atoms with E-state index in [1.807, 2.05) is 66.7 Å². The predicted octanol–water partition coefficient (Wildman–Crippen LogP) is 4.34. The van der Waals surface area contributed by atoms with Crippen LogP contribution in [-0.4, -0.2) is 57.5 Å². The summed E-state index contributed by atoms with van der Waals surface area (Å²) in [4.78, 5) is 1.18. The number of benzene rings is 4. The van der Waals surface area contributed by atoms with E-state index < -0.39 is 10.1 Å². The first-order chi connectivity index (χ1) is 15.0. The van der Waals surface area contributed by atoms with Gasteiger partial charge in [0.15, 0.2) is 0 Å². The second kappa shape index (κ2) is 8.97. The Morgan fingerprint density at radius 2 is 1.56 bits per heavy atom. The van der Waals surface area contributed by atoms with Crippen molar-refractivity contribution in [3.05, 3.63) is 96.1 Å². The van der Waals surface area contributed by atoms with Crippen molar-refractivity contribution < 1.29 is 13.0 Å². The molecule has 4 aromatic carbocycles. The molecule has 32 heavy (non-hydrogen) atoms. The Bertz CT molecular complexity index is 1560. The normalized spacial score (nSPS) is 11.8. The summed E-state index contributed by atoms with van der Waals surface area (Å²) in [5.41, 5.74) is 3.14. The third-order valence-electron chi connectivity index (χ3n) is 5.04. The molecular formula is C24H18N3NaO3S. The summed E-state index contributed by atoms with van der Waals surface area (Å²) in [6.45, 7) is 0. The van der Waals surface area contributed by atoms with Crippen LogP contribution in [0.5, 0.6) is 0 Å². The molecule has 0 saturated heterocycles. The van der Waals surface area contributed by atoms with E-state index >= 15 is 0 Å². The van der Waals surface area contributed by atoms with Gasteiger partial charge in [-0.3, -0.25) is 4.55 Å². The molecule has 0 spiro atoms. The molecule has 0 fully saturated rings. The summed E-state index contributed by atoms with van der Waals surface area (Å²) in [7, 11) is -4.45. The van der Waals surface area contributed by atoms with E-state index in [2.05, 4.69) is 10.2 Å². The quantitative estimate of drug-likeness (QED) is 0.250. The Kier molecular flexibility index (Phi) is 6.28. The van der Waals surface area contributed by atoms with Crippen molar-refractivity contribution in [1.82, 2.24) is 15.0 Å². The fourth-order valence-electron chi connectivity index (χ4n) is 3.52. The molecule has 0 aliphatic rings. The van der Waals surface area contributed by atoms with E-state index in [0.717, 1.165) is 21.9 Å². The van der Waals surface area contributed by atoms with Crippen LogP contribution < -0.4 is 0 Å². The van der Waals surface area contributed by atoms with Crippen LogP contribution in [0.2, 0.25) is 0 Å². The van der Waals surface area contributed by atoms with Crippen LogP contribution in [0, 0.1) is 0 Å². The van der Waals surface area contributed by atoms with Gasteiger partial charge in [0.2, 0.25) is 0 Å². The van der Waals surface area contributed by atoms with Gasteiger partial charge in [0.25, 0.3) is 10.1 Å². The number of hydrogen-bond acceptors (Lipinski definition) is 4. The van der Waals surface area contributed by atoms with Gasteiger partial charge >= 0.3 is 29.6 Å². The number of rotatable bonds is 4. The minimum atomic E-state index is -4.45. The standard InChI is InChI=1S/C24H17N3O3S.Na.H/c28-31(29,30)23-16-20(14-12-19(23)11-10-17-6-2-1-3-7-17)27-25-22-15-13-18-8-4-5-9-21(18)24(22)26-27;;/h1-16H,(H,28,29,30);;. The van der Waals surface area contributed by atoms with Gasteiger partial charge in [0, 0.05) is 5.39 Å². The number of nitrogens with zero attached hydrogens (tertiary/aromatic N) is 3. The Morgan fingerprint density at radius 1 is 0.812 bits per heavy atom. The first kappa shape index (κ1) is 22.4. The average molecular weight is 451 g/mol. The van der Waals surface area contributed by atoms with Crippen LogP contribution in [0.3, 0.4) is 0 Å². The van der Waals surface area contributed by atoms with Crippen LogP contribution in [0.25, 0.3) is 39.6 Å². The topological polar surface area (TPSA) is 85.1 Å². The molecule has 5 rings (SSSR count). The van der Waals surface area contributed by atoms with Crippen molar-refractivity contribution in [3.8, 4) is 5.69 Å². The molecule has 0 amide bonds. The average Bonchev–Trinajstić information content (AvgIpc) is 3.23. The van der Waals surface area contributed by atoms with E-state index in [-0.39, 0.29) is 34.5 Å². The Morgan fingerprint density at radius 3 is 2.34 bits per heavy atom. The number of hydrogen-bond donors (Lipinski definition) is 1. The molecular weight excluding hydrogens is 433 g/mol. The molecule has 154 valence electrons. The van der Waals surface area contributed by atoms with Gasteiger partial charge in [-0.25, -0.2) is 0 Å². The van der Waals surface area contributed by atoms with Crippen molar-refractivity contribution in [2.75, 3.05) is 0 Å². The zero-order valence-electron chi connectivity index (χ0n) is 16.3. The first-order valence-corrected chi connectivity index (χ1v) is 11.0. The van der Waals surface area contributed by atoms with Gasteiger partial charge in [-0.1, -0.05) is 78.9 Å². The third kappa shape index (κ3) is 4.39. The van der Waals surface area contributed by atoms with Gasteiger partial charge in [-0.05, 0) is 34.7 Å². The van der Waals surface area contributed by atoms with Gasteiger partial charge in [-0.2, -0.15) is 13.2 Å². The Hall–Kier alpha value is -2.81. The van der Waals surface area contributed by atoms with E-state index in [9.17, 15) is 13.0 Å². The SMILES string of the molecule is O=S(=O)(O)c1cc(-n2nc3ccc4ccccc4c3n2)ccc1C=Cc1ccccc1.[NaH]. The van der Waals surface area contributed by atoms with Crippen LogP contribution in [0.1, 0.15) is 11.1 Å². The monoisotopic (exact) mass is 451 g/mol. The molecule has 8 heteroatoms. The number of fused-ring (bicyclic) bond motifs is 3. The Balaban J connectivity index is 0.00000245. The fourth-order valence-corrected chi connectivity index (χ4v) is 4.23. The molecule has 0 unspecified atom stereocenters. The molecule has 5 aromatic rings. The van der Waals surface area contributed by atoms with Gasteiger partial charge < -0.3 is 0 Å². The molecule has 1 aromatic heterocycles. The first-order valence-electron chi connectivity index (χ1n) is 9.59. The molecule has 0 atom stereocenters. The number of aromatic nitrogens is 3. The molecule has 0 aliphatic heterocycles. The second-order valence-electron chi connectivity index (χ2n) is 7.09. The molecule has 0 aliphatic carbocycles. The molecule has 0 bridgehead atoms. The summed E-state index contributed by atoms with van der Waals surface area (Å²) < 4.78 is 33.9. The third-order valence-corrected chi connectivity index (χ3v) is 5.95. The molecule has 6 nitrogen and oxygen atoms in total. The van der Waals surface area contributed by atoms with Crippen LogP contribution in [0.15, 0.2) is 89.8 Å². The summed E-state index contributed by atoms with van der Waals surface area (Å²) in [6, 6.07) is 25.9. The van der Waals surface area contributed by atoms with Gasteiger partial charge in [0.05, 0.1) is 5.69 Å². The maximum absolute atomic E-state index is 12.1.